The molecule has 0 saturated heterocycles. The van der Waals surface area contributed by atoms with Crippen molar-refractivity contribution in [3.05, 3.63) is 49.6 Å². The van der Waals surface area contributed by atoms with Gasteiger partial charge in [0, 0.05) is 21.6 Å². The molecule has 1 N–H and O–H groups in total. The second-order valence-corrected chi connectivity index (χ2v) is 6.73. The molecule has 0 unspecified atom stereocenters. The number of halogens is 2. The summed E-state index contributed by atoms with van der Waals surface area (Å²) in [4.78, 5) is 1.23. The maximum Gasteiger partial charge on any atom is 0.107 e. The van der Waals surface area contributed by atoms with Crippen molar-refractivity contribution in [2.45, 2.75) is 26.3 Å². The van der Waals surface area contributed by atoms with Crippen LogP contribution in [0.25, 0.3) is 0 Å². The van der Waals surface area contributed by atoms with E-state index in [-0.39, 0.29) is 0 Å². The Morgan fingerprint density at radius 3 is 2.56 bits per heavy atom. The smallest absolute Gasteiger partial charge is 0.107 e. The van der Waals surface area contributed by atoms with Crippen molar-refractivity contribution < 1.29 is 0 Å². The number of nitrogens with one attached hydrogen (secondary N) is 1. The van der Waals surface area contributed by atoms with E-state index in [0.29, 0.717) is 0 Å². The minimum absolute atomic E-state index is 0.809. The van der Waals surface area contributed by atoms with Crippen LogP contribution in [-0.4, -0.2) is 0 Å². The zero-order valence-corrected chi connectivity index (χ0v) is 13.3. The zero-order valence-electron chi connectivity index (χ0n) is 10.2. The van der Waals surface area contributed by atoms with Crippen LogP contribution in [0, 0.1) is 0 Å². The molecule has 4 heteroatoms. The summed E-state index contributed by atoms with van der Waals surface area (Å²) >= 11 is 11.0. The normalized spacial score (nSPS) is 10.6. The first kappa shape index (κ1) is 13.9. The Morgan fingerprint density at radius 2 is 2.00 bits per heavy atom. The first-order chi connectivity index (χ1) is 8.69. The van der Waals surface area contributed by atoms with Crippen LogP contribution in [0.2, 0.25) is 4.34 Å². The van der Waals surface area contributed by atoms with Crippen molar-refractivity contribution in [1.29, 1.82) is 0 Å². The molecule has 1 aromatic carbocycles. The number of aryl methyl sites for hydroxylation is 1. The molecular formula is C14H15BrClNS. The highest BCUT2D eigenvalue weighted by atomic mass is 79.9. The average Bonchev–Trinajstić information content (AvgIpc) is 2.68. The molecule has 2 rings (SSSR count). The number of rotatable bonds is 5. The van der Waals surface area contributed by atoms with Gasteiger partial charge in [0.2, 0.25) is 0 Å². The summed E-state index contributed by atoms with van der Waals surface area (Å²) in [7, 11) is 0. The quantitative estimate of drug-likeness (QED) is 0.730. The highest BCUT2D eigenvalue weighted by molar-refractivity contribution is 9.10. The van der Waals surface area contributed by atoms with Gasteiger partial charge < -0.3 is 5.32 Å². The Bertz CT molecular complexity index is 488. The lowest BCUT2D eigenvalue weighted by molar-refractivity contribution is 0.922. The largest absolute Gasteiger partial charge is 0.380 e. The summed E-state index contributed by atoms with van der Waals surface area (Å²) in [6.07, 6.45) is 2.34. The van der Waals surface area contributed by atoms with E-state index in [1.807, 2.05) is 0 Å². The van der Waals surface area contributed by atoms with Gasteiger partial charge in [0.1, 0.15) is 4.34 Å². The summed E-state index contributed by atoms with van der Waals surface area (Å²) in [6, 6.07) is 10.7. The minimum Gasteiger partial charge on any atom is -0.380 e. The van der Waals surface area contributed by atoms with E-state index in [4.69, 9.17) is 11.6 Å². The second kappa shape index (κ2) is 6.60. The molecule has 0 aliphatic carbocycles. The first-order valence-electron chi connectivity index (χ1n) is 5.95. The molecule has 0 aliphatic rings. The fourth-order valence-corrected chi connectivity index (χ4v) is 3.48. The number of thiophene rings is 1. The van der Waals surface area contributed by atoms with Crippen molar-refractivity contribution in [1.82, 2.24) is 0 Å². The predicted molar refractivity (Wildman–Crippen MR) is 84.8 cm³/mol. The van der Waals surface area contributed by atoms with Crippen LogP contribution in [-0.2, 0) is 13.0 Å². The molecule has 0 radical (unpaired) electrons. The lowest BCUT2D eigenvalue weighted by atomic mass is 10.1. The summed E-state index contributed by atoms with van der Waals surface area (Å²) in [5, 5.41) is 3.40. The molecule has 0 fully saturated rings. The Labute approximate surface area is 125 Å². The van der Waals surface area contributed by atoms with Gasteiger partial charge in [-0.25, -0.2) is 0 Å². The third-order valence-electron chi connectivity index (χ3n) is 2.66. The molecule has 0 amide bonds. The fraction of sp³-hybridized carbons (Fsp3) is 0.286. The van der Waals surface area contributed by atoms with Crippen LogP contribution in [0.15, 0.2) is 34.8 Å². The lowest BCUT2D eigenvalue weighted by Crippen LogP contribution is -1.97. The standard InChI is InChI=1S/C14H15BrClNS/c1-2-3-10-4-6-11(7-5-10)17-9-12-8-13(15)14(16)18-12/h4-8,17H,2-3,9H2,1H3. The zero-order chi connectivity index (χ0) is 13.0. The van der Waals surface area contributed by atoms with Gasteiger partial charge in [0.25, 0.3) is 0 Å². The highest BCUT2D eigenvalue weighted by Gasteiger charge is 2.04. The van der Waals surface area contributed by atoms with E-state index in [1.54, 1.807) is 11.3 Å². The molecule has 96 valence electrons. The third kappa shape index (κ3) is 3.74. The Kier molecular flexibility index (Phi) is 5.10. The summed E-state index contributed by atoms with van der Waals surface area (Å²) in [6.45, 7) is 3.01. The molecule has 0 spiro atoms. The van der Waals surface area contributed by atoms with E-state index in [1.165, 1.54) is 16.9 Å². The van der Waals surface area contributed by atoms with Gasteiger partial charge in [-0.3, -0.25) is 0 Å². The van der Waals surface area contributed by atoms with Crippen molar-refractivity contribution in [3.8, 4) is 0 Å². The van der Waals surface area contributed by atoms with Crippen molar-refractivity contribution in [3.63, 3.8) is 0 Å². The Morgan fingerprint density at radius 1 is 1.28 bits per heavy atom. The van der Waals surface area contributed by atoms with Crippen molar-refractivity contribution in [2.24, 2.45) is 0 Å². The van der Waals surface area contributed by atoms with Gasteiger partial charge >= 0.3 is 0 Å². The van der Waals surface area contributed by atoms with Crippen LogP contribution in [0.5, 0.6) is 0 Å². The molecule has 1 heterocycles. The molecule has 0 atom stereocenters. The third-order valence-corrected chi connectivity index (χ3v) is 5.13. The first-order valence-corrected chi connectivity index (χ1v) is 7.94. The van der Waals surface area contributed by atoms with Crippen molar-refractivity contribution in [2.75, 3.05) is 5.32 Å². The molecular weight excluding hydrogens is 330 g/mol. The van der Waals surface area contributed by atoms with E-state index >= 15 is 0 Å². The van der Waals surface area contributed by atoms with Gasteiger partial charge in [-0.1, -0.05) is 37.1 Å². The van der Waals surface area contributed by atoms with E-state index < -0.39 is 0 Å². The van der Waals surface area contributed by atoms with Gasteiger partial charge in [-0.05, 0) is 46.1 Å². The maximum absolute atomic E-state index is 6.01. The van der Waals surface area contributed by atoms with Gasteiger partial charge in [0.05, 0.1) is 0 Å². The van der Waals surface area contributed by atoms with Crippen LogP contribution in [0.4, 0.5) is 5.69 Å². The van der Waals surface area contributed by atoms with Crippen LogP contribution < -0.4 is 5.32 Å². The van der Waals surface area contributed by atoms with Gasteiger partial charge in [0.15, 0.2) is 0 Å². The van der Waals surface area contributed by atoms with Crippen molar-refractivity contribution >= 4 is 44.6 Å². The van der Waals surface area contributed by atoms with E-state index in [9.17, 15) is 0 Å². The number of benzene rings is 1. The number of anilines is 1. The molecule has 2 aromatic rings. The van der Waals surface area contributed by atoms with Gasteiger partial charge in [-0.15, -0.1) is 11.3 Å². The topological polar surface area (TPSA) is 12.0 Å². The Hall–Kier alpha value is -0.510. The fourth-order valence-electron chi connectivity index (χ4n) is 1.75. The average molecular weight is 345 g/mol. The van der Waals surface area contributed by atoms with E-state index in [0.717, 1.165) is 27.5 Å². The van der Waals surface area contributed by atoms with Gasteiger partial charge in [-0.2, -0.15) is 0 Å². The van der Waals surface area contributed by atoms with Crippen LogP contribution in [0.1, 0.15) is 23.8 Å². The molecule has 0 aliphatic heterocycles. The molecule has 18 heavy (non-hydrogen) atoms. The summed E-state index contributed by atoms with van der Waals surface area (Å²) < 4.78 is 1.79. The molecule has 0 bridgehead atoms. The van der Waals surface area contributed by atoms with Crippen LogP contribution in [0.3, 0.4) is 0 Å². The predicted octanol–water partition coefficient (Wildman–Crippen LogP) is 5.73. The van der Waals surface area contributed by atoms with Crippen LogP contribution >= 0.6 is 38.9 Å². The lowest BCUT2D eigenvalue weighted by Gasteiger charge is -2.05. The summed E-state index contributed by atoms with van der Waals surface area (Å²) in [5.41, 5.74) is 2.54. The SMILES string of the molecule is CCCc1ccc(NCc2cc(Br)c(Cl)s2)cc1. The molecule has 1 nitrogen and oxygen atoms in total. The Balaban J connectivity index is 1.93. The number of hydrogen-bond donors (Lipinski definition) is 1. The highest BCUT2D eigenvalue weighted by Crippen LogP contribution is 2.32. The number of hydrogen-bond acceptors (Lipinski definition) is 2. The second-order valence-electron chi connectivity index (χ2n) is 4.13. The van der Waals surface area contributed by atoms with E-state index in [2.05, 4.69) is 58.5 Å². The maximum atomic E-state index is 6.01. The molecule has 0 saturated carbocycles. The monoisotopic (exact) mass is 343 g/mol. The molecule has 1 aromatic heterocycles. The minimum atomic E-state index is 0.809. The summed E-state index contributed by atoms with van der Waals surface area (Å²) in [5.74, 6) is 0.